The molecule has 0 aromatic heterocycles. The van der Waals surface area contributed by atoms with E-state index in [-0.39, 0.29) is 6.54 Å². The summed E-state index contributed by atoms with van der Waals surface area (Å²) in [6.07, 6.45) is 1.64. The van der Waals surface area contributed by atoms with Gasteiger partial charge in [-0.3, -0.25) is 14.9 Å². The minimum Gasteiger partial charge on any atom is -0.480 e. The number of anilines is 1. The van der Waals surface area contributed by atoms with Crippen molar-refractivity contribution in [2.45, 2.75) is 24.8 Å². The average molecular weight is 284 g/mol. The average Bonchev–Trinajstić information content (AvgIpc) is 2.32. The van der Waals surface area contributed by atoms with E-state index in [0.717, 1.165) is 18.6 Å². The Bertz CT molecular complexity index is 524. The Kier molecular flexibility index (Phi) is 3.99. The standard InChI is InChI=1S/C13H14F2N2O3/c14-8-3-1-4-9(15)11(8)17-10(18)7-16-13(12(19)20)5-2-6-13/h1,3-4,16H,2,5-7H2,(H,17,18)(H,19,20). The number of carbonyl (C=O) groups is 2. The molecule has 1 aliphatic carbocycles. The topological polar surface area (TPSA) is 78.4 Å². The van der Waals surface area contributed by atoms with Gasteiger partial charge in [-0.25, -0.2) is 8.78 Å². The molecule has 108 valence electrons. The quantitative estimate of drug-likeness (QED) is 0.765. The highest BCUT2D eigenvalue weighted by molar-refractivity contribution is 5.93. The number of carbonyl (C=O) groups excluding carboxylic acids is 1. The molecule has 1 aliphatic rings. The molecule has 0 heterocycles. The molecule has 1 aromatic carbocycles. The Morgan fingerprint density at radius 2 is 1.85 bits per heavy atom. The molecule has 0 bridgehead atoms. The van der Waals surface area contributed by atoms with Gasteiger partial charge >= 0.3 is 5.97 Å². The second-order valence-corrected chi connectivity index (χ2v) is 4.74. The number of nitrogens with one attached hydrogen (secondary N) is 2. The zero-order chi connectivity index (χ0) is 14.8. The van der Waals surface area contributed by atoms with Crippen molar-refractivity contribution < 1.29 is 23.5 Å². The molecule has 0 unspecified atom stereocenters. The molecule has 7 heteroatoms. The first kappa shape index (κ1) is 14.4. The number of rotatable bonds is 5. The van der Waals surface area contributed by atoms with E-state index in [2.05, 4.69) is 10.6 Å². The first-order chi connectivity index (χ1) is 9.44. The number of halogens is 2. The molecule has 1 saturated carbocycles. The fourth-order valence-electron chi connectivity index (χ4n) is 2.05. The summed E-state index contributed by atoms with van der Waals surface area (Å²) < 4.78 is 26.6. The molecule has 0 atom stereocenters. The largest absolute Gasteiger partial charge is 0.480 e. The van der Waals surface area contributed by atoms with Gasteiger partial charge in [0.15, 0.2) is 0 Å². The monoisotopic (exact) mass is 284 g/mol. The maximum atomic E-state index is 13.3. The minimum absolute atomic E-state index is 0.319. The number of para-hydroxylation sites is 1. The molecule has 0 saturated heterocycles. The van der Waals surface area contributed by atoms with Crippen LogP contribution in [0.2, 0.25) is 0 Å². The molecule has 0 aliphatic heterocycles. The lowest BCUT2D eigenvalue weighted by Crippen LogP contribution is -2.58. The van der Waals surface area contributed by atoms with Gasteiger partial charge in [-0.2, -0.15) is 0 Å². The lowest BCUT2D eigenvalue weighted by atomic mass is 9.77. The summed E-state index contributed by atoms with van der Waals surface area (Å²) in [6.45, 7) is -0.319. The van der Waals surface area contributed by atoms with Gasteiger partial charge in [0, 0.05) is 0 Å². The van der Waals surface area contributed by atoms with Crippen molar-refractivity contribution in [1.29, 1.82) is 0 Å². The molecular formula is C13H14F2N2O3. The van der Waals surface area contributed by atoms with Crippen LogP contribution in [0.15, 0.2) is 18.2 Å². The van der Waals surface area contributed by atoms with Crippen LogP contribution in [0.1, 0.15) is 19.3 Å². The molecule has 1 aromatic rings. The van der Waals surface area contributed by atoms with Crippen LogP contribution in [0, 0.1) is 11.6 Å². The molecule has 2 rings (SSSR count). The normalized spacial score (nSPS) is 16.3. The van der Waals surface area contributed by atoms with Crippen LogP contribution >= 0.6 is 0 Å². The number of benzene rings is 1. The van der Waals surface area contributed by atoms with Crippen LogP contribution in [0.25, 0.3) is 0 Å². The van der Waals surface area contributed by atoms with Crippen molar-refractivity contribution in [3.8, 4) is 0 Å². The molecular weight excluding hydrogens is 270 g/mol. The Labute approximate surface area is 114 Å². The van der Waals surface area contributed by atoms with Crippen molar-refractivity contribution >= 4 is 17.6 Å². The van der Waals surface area contributed by atoms with Gasteiger partial charge in [-0.1, -0.05) is 6.07 Å². The first-order valence-electron chi connectivity index (χ1n) is 6.17. The third kappa shape index (κ3) is 2.77. The number of hydrogen-bond donors (Lipinski definition) is 3. The van der Waals surface area contributed by atoms with Gasteiger partial charge in [-0.15, -0.1) is 0 Å². The zero-order valence-corrected chi connectivity index (χ0v) is 10.6. The fraction of sp³-hybridized carbons (Fsp3) is 0.385. The molecule has 1 amide bonds. The number of carboxylic acids is 1. The lowest BCUT2D eigenvalue weighted by molar-refractivity contribution is -0.148. The predicted octanol–water partition coefficient (Wildman–Crippen LogP) is 1.50. The molecule has 0 spiro atoms. The molecule has 3 N–H and O–H groups in total. The van der Waals surface area contributed by atoms with E-state index in [9.17, 15) is 18.4 Å². The highest BCUT2D eigenvalue weighted by atomic mass is 19.1. The van der Waals surface area contributed by atoms with Gasteiger partial charge in [0.05, 0.1) is 6.54 Å². The van der Waals surface area contributed by atoms with Gasteiger partial charge in [0.25, 0.3) is 0 Å². The number of amides is 1. The van der Waals surface area contributed by atoms with E-state index in [1.165, 1.54) is 6.07 Å². The van der Waals surface area contributed by atoms with Crippen molar-refractivity contribution in [2.75, 3.05) is 11.9 Å². The van der Waals surface area contributed by atoms with Gasteiger partial charge in [-0.05, 0) is 31.4 Å². The third-order valence-corrected chi connectivity index (χ3v) is 3.43. The molecule has 1 fully saturated rings. The van der Waals surface area contributed by atoms with Crippen LogP contribution in [0.5, 0.6) is 0 Å². The highest BCUT2D eigenvalue weighted by Gasteiger charge is 2.44. The van der Waals surface area contributed by atoms with Crippen molar-refractivity contribution in [2.24, 2.45) is 0 Å². The molecule has 0 radical (unpaired) electrons. The molecule has 5 nitrogen and oxygen atoms in total. The summed E-state index contributed by atoms with van der Waals surface area (Å²) in [5.41, 5.74) is -1.62. The second-order valence-electron chi connectivity index (χ2n) is 4.74. The number of carboxylic acid groups (broad SMARTS) is 1. The summed E-state index contributed by atoms with van der Waals surface area (Å²) >= 11 is 0. The van der Waals surface area contributed by atoms with Crippen molar-refractivity contribution in [1.82, 2.24) is 5.32 Å². The van der Waals surface area contributed by atoms with Crippen LogP contribution in [-0.2, 0) is 9.59 Å². The van der Waals surface area contributed by atoms with Crippen LogP contribution in [0.3, 0.4) is 0 Å². The van der Waals surface area contributed by atoms with E-state index in [4.69, 9.17) is 5.11 Å². The van der Waals surface area contributed by atoms with E-state index in [1.807, 2.05) is 0 Å². The highest BCUT2D eigenvalue weighted by Crippen LogP contribution is 2.31. The Morgan fingerprint density at radius 3 is 2.30 bits per heavy atom. The van der Waals surface area contributed by atoms with Crippen LogP contribution in [-0.4, -0.2) is 29.1 Å². The summed E-state index contributed by atoms with van der Waals surface area (Å²) in [6, 6.07) is 3.24. The molecule has 20 heavy (non-hydrogen) atoms. The zero-order valence-electron chi connectivity index (χ0n) is 10.6. The van der Waals surface area contributed by atoms with Crippen molar-refractivity contribution in [3.63, 3.8) is 0 Å². The summed E-state index contributed by atoms with van der Waals surface area (Å²) in [5.74, 6) is -3.47. The maximum Gasteiger partial charge on any atom is 0.323 e. The number of aliphatic carboxylic acids is 1. The van der Waals surface area contributed by atoms with Gasteiger partial charge in [0.2, 0.25) is 5.91 Å². The van der Waals surface area contributed by atoms with Gasteiger partial charge in [0.1, 0.15) is 22.9 Å². The van der Waals surface area contributed by atoms with E-state index in [0.29, 0.717) is 12.8 Å². The van der Waals surface area contributed by atoms with E-state index < -0.39 is 34.7 Å². The number of hydrogen-bond acceptors (Lipinski definition) is 3. The summed E-state index contributed by atoms with van der Waals surface area (Å²) in [7, 11) is 0. The van der Waals surface area contributed by atoms with Gasteiger partial charge < -0.3 is 10.4 Å². The Balaban J connectivity index is 1.95. The SMILES string of the molecule is O=C(CNC1(C(=O)O)CCC1)Nc1c(F)cccc1F. The summed E-state index contributed by atoms with van der Waals surface area (Å²) in [5, 5.41) is 13.8. The second kappa shape index (κ2) is 5.54. The maximum absolute atomic E-state index is 13.3. The minimum atomic E-state index is -1.09. The van der Waals surface area contributed by atoms with E-state index in [1.54, 1.807) is 0 Å². The fourth-order valence-corrected chi connectivity index (χ4v) is 2.05. The third-order valence-electron chi connectivity index (χ3n) is 3.43. The predicted molar refractivity (Wildman–Crippen MR) is 67.2 cm³/mol. The van der Waals surface area contributed by atoms with Crippen molar-refractivity contribution in [3.05, 3.63) is 29.8 Å². The summed E-state index contributed by atoms with van der Waals surface area (Å²) in [4.78, 5) is 22.7. The Hall–Kier alpha value is -2.02. The van der Waals surface area contributed by atoms with Crippen LogP contribution in [0.4, 0.5) is 14.5 Å². The first-order valence-corrected chi connectivity index (χ1v) is 6.17. The lowest BCUT2D eigenvalue weighted by Gasteiger charge is -2.38. The van der Waals surface area contributed by atoms with Crippen LogP contribution < -0.4 is 10.6 Å². The van der Waals surface area contributed by atoms with E-state index >= 15 is 0 Å². The smallest absolute Gasteiger partial charge is 0.323 e. The Morgan fingerprint density at radius 1 is 1.25 bits per heavy atom.